The molecular formula is C34H45N3O11. The first-order valence-electron chi connectivity index (χ1n) is 15.7. The highest BCUT2D eigenvalue weighted by Gasteiger charge is 2.22. The lowest BCUT2D eigenvalue weighted by Crippen LogP contribution is -2.30. The van der Waals surface area contributed by atoms with Gasteiger partial charge in [-0.15, -0.1) is 0 Å². The third kappa shape index (κ3) is 14.5. The number of nitrogens with two attached hydrogens (primary N) is 1. The van der Waals surface area contributed by atoms with Crippen LogP contribution in [0.3, 0.4) is 0 Å². The molecule has 0 aliphatic heterocycles. The normalized spacial score (nSPS) is 10.3. The summed E-state index contributed by atoms with van der Waals surface area (Å²) in [6, 6.07) is 12.5. The maximum atomic E-state index is 13.5. The van der Waals surface area contributed by atoms with Crippen molar-refractivity contribution in [2.45, 2.75) is 72.1 Å². The van der Waals surface area contributed by atoms with Crippen LogP contribution < -0.4 is 11.1 Å². The molecule has 0 aliphatic rings. The van der Waals surface area contributed by atoms with E-state index in [2.05, 4.69) is 31.0 Å². The Labute approximate surface area is 278 Å². The second kappa shape index (κ2) is 21.5. The molecular weight excluding hydrogens is 626 g/mol. The number of fused-ring (bicyclic) bond motifs is 1. The van der Waals surface area contributed by atoms with E-state index in [0.29, 0.717) is 46.7 Å². The number of carboxylic acids is 4. The molecule has 2 aromatic carbocycles. The SMILES string of the molecule is CCCCc1oc2ccc(N)cc2c1C(=O)c1ccc(NC(=O)CCN(CCCC)CCCC)cc1.O=C(O)C(=O)O.O=C(O)C(=O)O. The fourth-order valence-electron chi connectivity index (χ4n) is 4.36. The summed E-state index contributed by atoms with van der Waals surface area (Å²) in [5, 5.41) is 33.3. The van der Waals surface area contributed by atoms with Gasteiger partial charge in [0.15, 0.2) is 5.78 Å². The molecule has 3 aromatic rings. The van der Waals surface area contributed by atoms with Gasteiger partial charge in [0.05, 0.1) is 5.56 Å². The minimum absolute atomic E-state index is 0.00905. The van der Waals surface area contributed by atoms with E-state index in [4.69, 9.17) is 49.8 Å². The van der Waals surface area contributed by atoms with Crippen LogP contribution >= 0.6 is 0 Å². The predicted molar refractivity (Wildman–Crippen MR) is 179 cm³/mol. The van der Waals surface area contributed by atoms with Gasteiger partial charge in [0.1, 0.15) is 11.3 Å². The number of aryl methyl sites for hydroxylation is 1. The summed E-state index contributed by atoms with van der Waals surface area (Å²) in [5.74, 6) is -6.69. The number of carbonyl (C=O) groups excluding carboxylic acids is 2. The summed E-state index contributed by atoms with van der Waals surface area (Å²) in [6.45, 7) is 9.33. The van der Waals surface area contributed by atoms with E-state index in [9.17, 15) is 9.59 Å². The Morgan fingerprint density at radius 3 is 1.73 bits per heavy atom. The molecule has 0 fully saturated rings. The van der Waals surface area contributed by atoms with Crippen molar-refractivity contribution in [2.24, 2.45) is 0 Å². The minimum Gasteiger partial charge on any atom is -0.473 e. The van der Waals surface area contributed by atoms with Gasteiger partial charge in [-0.05, 0) is 74.8 Å². The zero-order chi connectivity index (χ0) is 36.2. The molecule has 1 heterocycles. The first-order valence-corrected chi connectivity index (χ1v) is 15.7. The number of aliphatic carboxylic acids is 4. The highest BCUT2D eigenvalue weighted by molar-refractivity contribution is 6.28. The number of amides is 1. The summed E-state index contributed by atoms with van der Waals surface area (Å²) in [7, 11) is 0. The quantitative estimate of drug-likeness (QED) is 0.0699. The number of hydrogen-bond donors (Lipinski definition) is 6. The summed E-state index contributed by atoms with van der Waals surface area (Å²) >= 11 is 0. The monoisotopic (exact) mass is 671 g/mol. The molecule has 7 N–H and O–H groups in total. The maximum Gasteiger partial charge on any atom is 0.414 e. The molecule has 0 bridgehead atoms. The molecule has 14 nitrogen and oxygen atoms in total. The number of nitrogens with one attached hydrogen (secondary N) is 1. The number of hydrogen-bond acceptors (Lipinski definition) is 9. The highest BCUT2D eigenvalue weighted by atomic mass is 16.4. The van der Waals surface area contributed by atoms with E-state index in [1.54, 1.807) is 36.4 Å². The summed E-state index contributed by atoms with van der Waals surface area (Å²) in [5.41, 5.74) is 9.11. The van der Waals surface area contributed by atoms with Gasteiger partial charge in [-0.3, -0.25) is 9.59 Å². The number of ketones is 1. The molecule has 3 rings (SSSR count). The number of nitrogen functional groups attached to an aromatic ring is 1. The lowest BCUT2D eigenvalue weighted by molar-refractivity contribution is -0.159. The molecule has 0 unspecified atom stereocenters. The fourth-order valence-corrected chi connectivity index (χ4v) is 4.36. The number of furan rings is 1. The van der Waals surface area contributed by atoms with E-state index in [1.807, 2.05) is 6.07 Å². The summed E-state index contributed by atoms with van der Waals surface area (Å²) in [4.78, 5) is 64.9. The lowest BCUT2D eigenvalue weighted by Gasteiger charge is -2.21. The number of benzene rings is 2. The third-order valence-corrected chi connectivity index (χ3v) is 6.88. The maximum absolute atomic E-state index is 13.5. The first kappa shape index (κ1) is 40.8. The third-order valence-electron chi connectivity index (χ3n) is 6.88. The molecule has 0 radical (unpaired) electrons. The van der Waals surface area contributed by atoms with Gasteiger partial charge in [-0.2, -0.15) is 0 Å². The number of rotatable bonds is 15. The largest absolute Gasteiger partial charge is 0.473 e. The van der Waals surface area contributed by atoms with Gasteiger partial charge in [0, 0.05) is 41.7 Å². The van der Waals surface area contributed by atoms with Crippen LogP contribution in [0.2, 0.25) is 0 Å². The van der Waals surface area contributed by atoms with E-state index >= 15 is 0 Å². The van der Waals surface area contributed by atoms with Crippen molar-refractivity contribution in [2.75, 3.05) is 30.7 Å². The minimum atomic E-state index is -1.82. The van der Waals surface area contributed by atoms with E-state index < -0.39 is 23.9 Å². The van der Waals surface area contributed by atoms with Crippen molar-refractivity contribution in [3.8, 4) is 0 Å². The highest BCUT2D eigenvalue weighted by Crippen LogP contribution is 2.31. The number of unbranched alkanes of at least 4 members (excludes halogenated alkanes) is 3. The van der Waals surface area contributed by atoms with Crippen molar-refractivity contribution in [1.82, 2.24) is 4.90 Å². The van der Waals surface area contributed by atoms with Crippen LogP contribution in [0.15, 0.2) is 46.9 Å². The Kier molecular flexibility index (Phi) is 18.3. The number of anilines is 2. The van der Waals surface area contributed by atoms with Crippen LogP contribution in [0.1, 0.15) is 87.4 Å². The van der Waals surface area contributed by atoms with Gasteiger partial charge in [-0.25, -0.2) is 19.2 Å². The van der Waals surface area contributed by atoms with Crippen LogP contribution in [0.5, 0.6) is 0 Å². The molecule has 1 amide bonds. The predicted octanol–water partition coefficient (Wildman–Crippen LogP) is 5.13. The molecule has 0 saturated heterocycles. The molecule has 0 aliphatic carbocycles. The van der Waals surface area contributed by atoms with Crippen molar-refractivity contribution in [3.05, 3.63) is 59.4 Å². The van der Waals surface area contributed by atoms with Gasteiger partial charge in [-0.1, -0.05) is 40.0 Å². The molecule has 1 aromatic heterocycles. The zero-order valence-electron chi connectivity index (χ0n) is 27.5. The summed E-state index contributed by atoms with van der Waals surface area (Å²) < 4.78 is 6.03. The smallest absolute Gasteiger partial charge is 0.414 e. The van der Waals surface area contributed by atoms with Crippen LogP contribution in [0.4, 0.5) is 11.4 Å². The molecule has 262 valence electrons. The Bertz CT molecular complexity index is 1480. The van der Waals surface area contributed by atoms with Crippen molar-refractivity contribution >= 4 is 57.9 Å². The van der Waals surface area contributed by atoms with Gasteiger partial charge < -0.3 is 40.8 Å². The van der Waals surface area contributed by atoms with E-state index in [0.717, 1.165) is 63.5 Å². The van der Waals surface area contributed by atoms with Gasteiger partial charge in [0.2, 0.25) is 5.91 Å². The second-order valence-electron chi connectivity index (χ2n) is 10.7. The Morgan fingerprint density at radius 2 is 1.25 bits per heavy atom. The Morgan fingerprint density at radius 1 is 0.729 bits per heavy atom. The van der Waals surface area contributed by atoms with Crippen LogP contribution in [0.25, 0.3) is 11.0 Å². The van der Waals surface area contributed by atoms with Crippen LogP contribution in [-0.4, -0.2) is 80.5 Å². The lowest BCUT2D eigenvalue weighted by atomic mass is 9.98. The Hall–Kier alpha value is -5.24. The average Bonchev–Trinajstić information content (AvgIpc) is 3.41. The van der Waals surface area contributed by atoms with E-state index in [1.165, 1.54) is 0 Å². The van der Waals surface area contributed by atoms with Crippen LogP contribution in [0, 0.1) is 0 Å². The number of carbonyl (C=O) groups is 6. The van der Waals surface area contributed by atoms with Crippen molar-refractivity contribution < 1.29 is 53.6 Å². The molecule has 14 heteroatoms. The standard InChI is InChI=1S/C30H41N3O3.2C2H2O4/c1-4-7-10-27-29(25-21-23(31)13-16-26(25)36-27)30(35)22-11-14-24(15-12-22)32-28(34)17-20-33(18-8-5-2)19-9-6-3;2*3-1(4)2(5)6/h11-16,21H,4-10,17-20,31H2,1-3H3,(H,32,34);2*(H,3,4)(H,5,6). The second-order valence-corrected chi connectivity index (χ2v) is 10.7. The van der Waals surface area contributed by atoms with Crippen molar-refractivity contribution in [3.63, 3.8) is 0 Å². The molecule has 0 spiro atoms. The van der Waals surface area contributed by atoms with E-state index in [-0.39, 0.29) is 11.7 Å². The average molecular weight is 672 g/mol. The topological polar surface area (TPSA) is 238 Å². The number of nitrogens with zero attached hydrogens (tertiary/aromatic N) is 1. The fraction of sp³-hybridized carbons (Fsp3) is 0.412. The van der Waals surface area contributed by atoms with Crippen LogP contribution in [-0.2, 0) is 30.4 Å². The number of carboxylic acid groups (broad SMARTS) is 4. The zero-order valence-corrected chi connectivity index (χ0v) is 27.5. The Balaban J connectivity index is 0.000000817. The van der Waals surface area contributed by atoms with Gasteiger partial charge in [0.25, 0.3) is 0 Å². The first-order chi connectivity index (χ1) is 22.7. The van der Waals surface area contributed by atoms with Crippen molar-refractivity contribution in [1.29, 1.82) is 0 Å². The molecule has 0 saturated carbocycles. The molecule has 0 atom stereocenters. The van der Waals surface area contributed by atoms with Gasteiger partial charge >= 0.3 is 23.9 Å². The summed E-state index contributed by atoms with van der Waals surface area (Å²) in [6.07, 6.45) is 7.72. The molecule has 48 heavy (non-hydrogen) atoms.